The second kappa shape index (κ2) is 5.93. The smallest absolute Gasteiger partial charge is 0.341 e. The molecule has 0 N–H and O–H groups in total. The number of esters is 1. The lowest BCUT2D eigenvalue weighted by Gasteiger charge is -2.04. The first-order valence-corrected chi connectivity index (χ1v) is 5.17. The van der Waals surface area contributed by atoms with Crippen LogP contribution < -0.4 is 0 Å². The van der Waals surface area contributed by atoms with E-state index < -0.39 is 22.4 Å². The summed E-state index contributed by atoms with van der Waals surface area (Å²) in [5, 5.41) is 10.4. The van der Waals surface area contributed by atoms with Crippen LogP contribution in [-0.2, 0) is 4.74 Å². The van der Waals surface area contributed by atoms with Gasteiger partial charge in [-0.1, -0.05) is 13.3 Å². The number of rotatable bonds is 5. The Bertz CT molecular complexity index is 433. The molecule has 92 valence electrons. The van der Waals surface area contributed by atoms with Crippen molar-refractivity contribution in [1.82, 2.24) is 0 Å². The lowest BCUT2D eigenvalue weighted by molar-refractivity contribution is -0.385. The zero-order valence-electron chi connectivity index (χ0n) is 9.31. The summed E-state index contributed by atoms with van der Waals surface area (Å²) < 4.78 is 18.2. The fourth-order valence-electron chi connectivity index (χ4n) is 1.17. The molecule has 1 aromatic carbocycles. The van der Waals surface area contributed by atoms with Crippen LogP contribution in [0.3, 0.4) is 0 Å². The van der Waals surface area contributed by atoms with E-state index in [-0.39, 0.29) is 12.2 Å². The highest BCUT2D eigenvalue weighted by molar-refractivity contribution is 5.90. The van der Waals surface area contributed by atoms with Crippen LogP contribution in [0.2, 0.25) is 0 Å². The van der Waals surface area contributed by atoms with Gasteiger partial charge in [-0.2, -0.15) is 0 Å². The van der Waals surface area contributed by atoms with Gasteiger partial charge in [-0.25, -0.2) is 9.18 Å². The Morgan fingerprint density at radius 2 is 2.24 bits per heavy atom. The standard InChI is InChI=1S/C11H12FNO4/c1-2-3-6-17-11(14)9-5-4-8(13(15)16)7-10(9)12/h4-5,7H,2-3,6H2,1H3. The van der Waals surface area contributed by atoms with E-state index in [4.69, 9.17) is 4.74 Å². The zero-order valence-corrected chi connectivity index (χ0v) is 9.31. The van der Waals surface area contributed by atoms with Crippen LogP contribution in [0.5, 0.6) is 0 Å². The van der Waals surface area contributed by atoms with E-state index in [1.54, 1.807) is 0 Å². The molecular formula is C11H12FNO4. The van der Waals surface area contributed by atoms with Gasteiger partial charge < -0.3 is 4.74 Å². The summed E-state index contributed by atoms with van der Waals surface area (Å²) in [6.07, 6.45) is 1.55. The molecule has 0 heterocycles. The molecule has 6 heteroatoms. The number of benzene rings is 1. The van der Waals surface area contributed by atoms with Crippen molar-refractivity contribution >= 4 is 11.7 Å². The highest BCUT2D eigenvalue weighted by Gasteiger charge is 2.16. The molecule has 5 nitrogen and oxygen atoms in total. The number of hydrogen-bond donors (Lipinski definition) is 0. The molecule has 0 radical (unpaired) electrons. The average molecular weight is 241 g/mol. The normalized spacial score (nSPS) is 10.0. The van der Waals surface area contributed by atoms with Gasteiger partial charge >= 0.3 is 5.97 Å². The second-order valence-electron chi connectivity index (χ2n) is 3.41. The summed E-state index contributed by atoms with van der Waals surface area (Å²) >= 11 is 0. The van der Waals surface area contributed by atoms with Crippen molar-refractivity contribution in [2.75, 3.05) is 6.61 Å². The number of non-ortho nitro benzene ring substituents is 1. The van der Waals surface area contributed by atoms with Crippen molar-refractivity contribution in [3.05, 3.63) is 39.7 Å². The van der Waals surface area contributed by atoms with E-state index in [0.717, 1.165) is 18.6 Å². The maximum absolute atomic E-state index is 13.4. The fourth-order valence-corrected chi connectivity index (χ4v) is 1.17. The molecule has 0 spiro atoms. The van der Waals surface area contributed by atoms with Gasteiger partial charge in [0, 0.05) is 6.07 Å². The number of nitro benzene ring substituents is 1. The van der Waals surface area contributed by atoms with E-state index in [1.165, 1.54) is 0 Å². The van der Waals surface area contributed by atoms with Crippen LogP contribution >= 0.6 is 0 Å². The minimum Gasteiger partial charge on any atom is -0.462 e. The molecule has 0 bridgehead atoms. The van der Waals surface area contributed by atoms with Crippen LogP contribution in [0.25, 0.3) is 0 Å². The van der Waals surface area contributed by atoms with Gasteiger partial charge in [-0.3, -0.25) is 10.1 Å². The molecule has 0 unspecified atom stereocenters. The van der Waals surface area contributed by atoms with Gasteiger partial charge in [0.2, 0.25) is 0 Å². The van der Waals surface area contributed by atoms with Gasteiger partial charge in [0.15, 0.2) is 0 Å². The van der Waals surface area contributed by atoms with Crippen molar-refractivity contribution < 1.29 is 18.8 Å². The maximum Gasteiger partial charge on any atom is 0.341 e. The van der Waals surface area contributed by atoms with Crippen LogP contribution in [0.4, 0.5) is 10.1 Å². The molecule has 0 aromatic heterocycles. The highest BCUT2D eigenvalue weighted by Crippen LogP contribution is 2.17. The maximum atomic E-state index is 13.4. The number of nitro groups is 1. The summed E-state index contributed by atoms with van der Waals surface area (Å²) in [5.41, 5.74) is -0.681. The van der Waals surface area contributed by atoms with E-state index in [1.807, 2.05) is 6.92 Å². The summed E-state index contributed by atoms with van der Waals surface area (Å²) in [6, 6.07) is 2.83. The number of carbonyl (C=O) groups is 1. The molecule has 0 saturated carbocycles. The first-order valence-electron chi connectivity index (χ1n) is 5.17. The Labute approximate surface area is 97.3 Å². The van der Waals surface area contributed by atoms with Crippen molar-refractivity contribution in [2.45, 2.75) is 19.8 Å². The van der Waals surface area contributed by atoms with Gasteiger partial charge in [0.25, 0.3) is 5.69 Å². The molecule has 1 aromatic rings. The number of hydrogen-bond acceptors (Lipinski definition) is 4. The Balaban J connectivity index is 2.78. The summed E-state index contributed by atoms with van der Waals surface area (Å²) in [7, 11) is 0. The third-order valence-corrected chi connectivity index (χ3v) is 2.11. The zero-order chi connectivity index (χ0) is 12.8. The Hall–Kier alpha value is -1.98. The summed E-state index contributed by atoms with van der Waals surface area (Å²) in [4.78, 5) is 21.0. The fraction of sp³-hybridized carbons (Fsp3) is 0.364. The largest absolute Gasteiger partial charge is 0.462 e. The minimum absolute atomic E-state index is 0.214. The number of unbranched alkanes of at least 4 members (excludes halogenated alkanes) is 1. The lowest BCUT2D eigenvalue weighted by atomic mass is 10.2. The third-order valence-electron chi connectivity index (χ3n) is 2.11. The first kappa shape index (κ1) is 13.1. The molecule has 0 fully saturated rings. The number of halogens is 1. The van der Waals surface area contributed by atoms with E-state index in [9.17, 15) is 19.3 Å². The Morgan fingerprint density at radius 1 is 1.53 bits per heavy atom. The SMILES string of the molecule is CCCCOC(=O)c1ccc([N+](=O)[O-])cc1F. The van der Waals surface area contributed by atoms with Gasteiger partial charge in [-0.15, -0.1) is 0 Å². The highest BCUT2D eigenvalue weighted by atomic mass is 19.1. The Morgan fingerprint density at radius 3 is 2.76 bits per heavy atom. The molecular weight excluding hydrogens is 229 g/mol. The van der Waals surface area contributed by atoms with Crippen molar-refractivity contribution in [2.24, 2.45) is 0 Å². The molecule has 0 aliphatic carbocycles. The lowest BCUT2D eigenvalue weighted by Crippen LogP contribution is -2.08. The average Bonchev–Trinajstić information content (AvgIpc) is 2.28. The summed E-state index contributed by atoms with van der Waals surface area (Å²) in [5.74, 6) is -1.74. The number of nitrogens with zero attached hydrogens (tertiary/aromatic N) is 1. The van der Waals surface area contributed by atoms with Crippen LogP contribution in [0.1, 0.15) is 30.1 Å². The first-order chi connectivity index (χ1) is 8.06. The number of carbonyl (C=O) groups excluding carboxylic acids is 1. The van der Waals surface area contributed by atoms with Gasteiger partial charge in [0.05, 0.1) is 23.2 Å². The van der Waals surface area contributed by atoms with Crippen LogP contribution in [0.15, 0.2) is 18.2 Å². The summed E-state index contributed by atoms with van der Waals surface area (Å²) in [6.45, 7) is 2.14. The predicted molar refractivity (Wildman–Crippen MR) is 58.2 cm³/mol. The van der Waals surface area contributed by atoms with Crippen LogP contribution in [0, 0.1) is 15.9 Å². The van der Waals surface area contributed by atoms with Crippen molar-refractivity contribution in [1.29, 1.82) is 0 Å². The molecule has 0 saturated heterocycles. The molecule has 1 rings (SSSR count). The van der Waals surface area contributed by atoms with E-state index in [0.29, 0.717) is 12.5 Å². The topological polar surface area (TPSA) is 69.4 Å². The van der Waals surface area contributed by atoms with Crippen molar-refractivity contribution in [3.8, 4) is 0 Å². The van der Waals surface area contributed by atoms with Gasteiger partial charge in [-0.05, 0) is 12.5 Å². The molecule has 0 amide bonds. The monoisotopic (exact) mass is 241 g/mol. The van der Waals surface area contributed by atoms with Crippen molar-refractivity contribution in [3.63, 3.8) is 0 Å². The molecule has 17 heavy (non-hydrogen) atoms. The van der Waals surface area contributed by atoms with E-state index >= 15 is 0 Å². The van der Waals surface area contributed by atoms with E-state index in [2.05, 4.69) is 0 Å². The number of ether oxygens (including phenoxy) is 1. The predicted octanol–water partition coefficient (Wildman–Crippen LogP) is 2.69. The minimum atomic E-state index is -0.944. The van der Waals surface area contributed by atoms with Gasteiger partial charge in [0.1, 0.15) is 5.82 Å². The Kier molecular flexibility index (Phi) is 4.56. The third kappa shape index (κ3) is 3.51. The second-order valence-corrected chi connectivity index (χ2v) is 3.41. The quantitative estimate of drug-likeness (QED) is 0.344. The molecule has 0 aliphatic rings. The molecule has 0 aliphatic heterocycles. The van der Waals surface area contributed by atoms with Crippen LogP contribution in [-0.4, -0.2) is 17.5 Å². The molecule has 0 atom stereocenters.